The number of hydrogen-bond acceptors (Lipinski definition) is 3. The number of benzene rings is 1. The molecule has 0 bridgehead atoms. The molecule has 1 heterocycles. The van der Waals surface area contributed by atoms with Gasteiger partial charge in [0.15, 0.2) is 0 Å². The van der Waals surface area contributed by atoms with Crippen molar-refractivity contribution in [3.05, 3.63) is 29.6 Å². The summed E-state index contributed by atoms with van der Waals surface area (Å²) in [6.07, 6.45) is 0. The molecule has 1 fully saturated rings. The van der Waals surface area contributed by atoms with Crippen LogP contribution in [0.2, 0.25) is 0 Å². The predicted molar refractivity (Wildman–Crippen MR) is 62.1 cm³/mol. The van der Waals surface area contributed by atoms with Gasteiger partial charge in [-0.05, 0) is 25.1 Å². The molecule has 1 unspecified atom stereocenters. The fraction of sp³-hybridized carbons (Fsp3) is 0.417. The van der Waals surface area contributed by atoms with E-state index in [1.165, 1.54) is 18.2 Å². The van der Waals surface area contributed by atoms with Crippen LogP contribution in [0.4, 0.5) is 10.1 Å². The van der Waals surface area contributed by atoms with Gasteiger partial charge in [-0.1, -0.05) is 0 Å². The molecular weight excluding hydrogens is 223 g/mol. The van der Waals surface area contributed by atoms with Crippen molar-refractivity contribution in [3.8, 4) is 0 Å². The van der Waals surface area contributed by atoms with E-state index in [1.54, 1.807) is 4.90 Å². The Morgan fingerprint density at radius 2 is 2.35 bits per heavy atom. The number of morpholine rings is 1. The van der Waals surface area contributed by atoms with Crippen LogP contribution in [0, 0.1) is 5.82 Å². The lowest BCUT2D eigenvalue weighted by Crippen LogP contribution is -2.47. The van der Waals surface area contributed by atoms with Gasteiger partial charge in [0.25, 0.3) is 5.91 Å². The van der Waals surface area contributed by atoms with Crippen molar-refractivity contribution in [1.82, 2.24) is 4.90 Å². The minimum atomic E-state index is -0.455. The van der Waals surface area contributed by atoms with Crippen LogP contribution < -0.4 is 5.73 Å². The summed E-state index contributed by atoms with van der Waals surface area (Å²) in [5.41, 5.74) is 6.22. The summed E-state index contributed by atoms with van der Waals surface area (Å²) < 4.78 is 18.4. The molecular formula is C12H15FN2O2. The average Bonchev–Trinajstić information content (AvgIpc) is 2.32. The van der Waals surface area contributed by atoms with Gasteiger partial charge in [0, 0.05) is 12.2 Å². The number of amides is 1. The van der Waals surface area contributed by atoms with Gasteiger partial charge in [0.2, 0.25) is 0 Å². The van der Waals surface area contributed by atoms with Crippen molar-refractivity contribution in [2.75, 3.05) is 25.5 Å². The van der Waals surface area contributed by atoms with E-state index in [2.05, 4.69) is 0 Å². The Kier molecular flexibility index (Phi) is 3.28. The van der Waals surface area contributed by atoms with E-state index in [1.807, 2.05) is 6.92 Å². The van der Waals surface area contributed by atoms with Crippen molar-refractivity contribution in [3.63, 3.8) is 0 Å². The SMILES string of the molecule is CC1COCCN1C(=O)c1cc(F)ccc1N. The number of nitrogens with zero attached hydrogens (tertiary/aromatic N) is 1. The second-order valence-corrected chi connectivity index (χ2v) is 4.15. The van der Waals surface area contributed by atoms with E-state index in [0.29, 0.717) is 25.4 Å². The van der Waals surface area contributed by atoms with Gasteiger partial charge in [0.05, 0.1) is 24.8 Å². The van der Waals surface area contributed by atoms with Crippen LogP contribution in [-0.4, -0.2) is 36.6 Å². The molecule has 0 spiro atoms. The zero-order valence-electron chi connectivity index (χ0n) is 9.65. The second-order valence-electron chi connectivity index (χ2n) is 4.15. The zero-order chi connectivity index (χ0) is 12.4. The van der Waals surface area contributed by atoms with Crippen LogP contribution in [0.1, 0.15) is 17.3 Å². The number of carbonyl (C=O) groups is 1. The lowest BCUT2D eigenvalue weighted by atomic mass is 10.1. The van der Waals surface area contributed by atoms with Crippen molar-refractivity contribution >= 4 is 11.6 Å². The van der Waals surface area contributed by atoms with Gasteiger partial charge in [0.1, 0.15) is 5.82 Å². The van der Waals surface area contributed by atoms with Crippen LogP contribution in [0.3, 0.4) is 0 Å². The number of hydrogen-bond donors (Lipinski definition) is 1. The molecule has 1 atom stereocenters. The molecule has 0 saturated carbocycles. The molecule has 4 nitrogen and oxygen atoms in total. The maximum Gasteiger partial charge on any atom is 0.256 e. The lowest BCUT2D eigenvalue weighted by Gasteiger charge is -2.33. The maximum absolute atomic E-state index is 13.1. The first-order chi connectivity index (χ1) is 8.09. The molecule has 1 aliphatic rings. The Balaban J connectivity index is 2.26. The number of halogens is 1. The second kappa shape index (κ2) is 4.71. The number of nitrogen functional groups attached to an aromatic ring is 1. The molecule has 1 aromatic rings. The van der Waals surface area contributed by atoms with E-state index in [0.717, 1.165) is 0 Å². The van der Waals surface area contributed by atoms with E-state index in [4.69, 9.17) is 10.5 Å². The fourth-order valence-electron chi connectivity index (χ4n) is 1.90. The molecule has 5 heteroatoms. The summed E-state index contributed by atoms with van der Waals surface area (Å²) in [7, 11) is 0. The monoisotopic (exact) mass is 238 g/mol. The van der Waals surface area contributed by atoms with Gasteiger partial charge in [-0.3, -0.25) is 4.79 Å². The topological polar surface area (TPSA) is 55.6 Å². The largest absolute Gasteiger partial charge is 0.398 e. The first-order valence-electron chi connectivity index (χ1n) is 5.53. The first-order valence-corrected chi connectivity index (χ1v) is 5.53. The summed E-state index contributed by atoms with van der Waals surface area (Å²) in [4.78, 5) is 13.9. The van der Waals surface area contributed by atoms with Crippen LogP contribution >= 0.6 is 0 Å². The van der Waals surface area contributed by atoms with Crippen molar-refractivity contribution < 1.29 is 13.9 Å². The maximum atomic E-state index is 13.1. The highest BCUT2D eigenvalue weighted by Crippen LogP contribution is 2.18. The van der Waals surface area contributed by atoms with Gasteiger partial charge < -0.3 is 15.4 Å². The van der Waals surface area contributed by atoms with Crippen molar-refractivity contribution in [2.24, 2.45) is 0 Å². The highest BCUT2D eigenvalue weighted by molar-refractivity contribution is 5.99. The smallest absolute Gasteiger partial charge is 0.256 e. The van der Waals surface area contributed by atoms with Crippen LogP contribution in [-0.2, 0) is 4.74 Å². The predicted octanol–water partition coefficient (Wildman–Crippen LogP) is 1.27. The molecule has 2 N–H and O–H groups in total. The Morgan fingerprint density at radius 3 is 3.06 bits per heavy atom. The average molecular weight is 238 g/mol. The molecule has 2 rings (SSSR count). The summed E-state index contributed by atoms with van der Waals surface area (Å²) in [6, 6.07) is 3.82. The normalized spacial score (nSPS) is 20.4. The van der Waals surface area contributed by atoms with Crippen LogP contribution in [0.25, 0.3) is 0 Å². The number of anilines is 1. The summed E-state index contributed by atoms with van der Waals surface area (Å²) in [6.45, 7) is 3.41. The molecule has 0 radical (unpaired) electrons. The molecule has 0 aromatic heterocycles. The van der Waals surface area contributed by atoms with Gasteiger partial charge in [-0.25, -0.2) is 4.39 Å². The number of nitrogens with two attached hydrogens (primary N) is 1. The molecule has 1 saturated heterocycles. The van der Waals surface area contributed by atoms with E-state index in [-0.39, 0.29) is 17.5 Å². The minimum absolute atomic E-state index is 0.0149. The van der Waals surface area contributed by atoms with Gasteiger partial charge >= 0.3 is 0 Å². The number of ether oxygens (including phenoxy) is 1. The van der Waals surface area contributed by atoms with Crippen LogP contribution in [0.5, 0.6) is 0 Å². The summed E-state index contributed by atoms with van der Waals surface area (Å²) in [5, 5.41) is 0. The quantitative estimate of drug-likeness (QED) is 0.749. The van der Waals surface area contributed by atoms with E-state index in [9.17, 15) is 9.18 Å². The molecule has 92 valence electrons. The molecule has 0 aliphatic carbocycles. The minimum Gasteiger partial charge on any atom is -0.398 e. The molecule has 1 aromatic carbocycles. The third-order valence-corrected chi connectivity index (χ3v) is 2.87. The third-order valence-electron chi connectivity index (χ3n) is 2.87. The van der Waals surface area contributed by atoms with Crippen LogP contribution in [0.15, 0.2) is 18.2 Å². The Hall–Kier alpha value is -1.62. The first kappa shape index (κ1) is 11.9. The Bertz CT molecular complexity index is 437. The summed E-state index contributed by atoms with van der Waals surface area (Å²) >= 11 is 0. The van der Waals surface area contributed by atoms with Crippen molar-refractivity contribution in [1.29, 1.82) is 0 Å². The van der Waals surface area contributed by atoms with Gasteiger partial charge in [-0.2, -0.15) is 0 Å². The molecule has 1 amide bonds. The highest BCUT2D eigenvalue weighted by Gasteiger charge is 2.26. The fourth-order valence-corrected chi connectivity index (χ4v) is 1.90. The molecule has 17 heavy (non-hydrogen) atoms. The Labute approximate surface area is 99.2 Å². The Morgan fingerprint density at radius 1 is 1.59 bits per heavy atom. The standard InChI is InChI=1S/C12H15FN2O2/c1-8-7-17-5-4-15(8)12(16)10-6-9(13)2-3-11(10)14/h2-3,6,8H,4-5,7,14H2,1H3. The zero-order valence-corrected chi connectivity index (χ0v) is 9.65. The van der Waals surface area contributed by atoms with Gasteiger partial charge in [-0.15, -0.1) is 0 Å². The third kappa shape index (κ3) is 2.39. The highest BCUT2D eigenvalue weighted by atomic mass is 19.1. The van der Waals surface area contributed by atoms with E-state index >= 15 is 0 Å². The summed E-state index contributed by atoms with van der Waals surface area (Å²) in [5.74, 6) is -0.693. The lowest BCUT2D eigenvalue weighted by molar-refractivity contribution is 0.00363. The van der Waals surface area contributed by atoms with E-state index < -0.39 is 5.82 Å². The molecule has 1 aliphatic heterocycles. The number of rotatable bonds is 1. The number of carbonyl (C=O) groups excluding carboxylic acids is 1. The van der Waals surface area contributed by atoms with Crippen molar-refractivity contribution in [2.45, 2.75) is 13.0 Å².